The van der Waals surface area contributed by atoms with E-state index >= 15 is 0 Å². The summed E-state index contributed by atoms with van der Waals surface area (Å²) in [6.07, 6.45) is 1.64. The van der Waals surface area contributed by atoms with Crippen LogP contribution in [0, 0.1) is 13.8 Å². The predicted molar refractivity (Wildman–Crippen MR) is 142 cm³/mol. The molecule has 1 aliphatic rings. The molecule has 0 bridgehead atoms. The summed E-state index contributed by atoms with van der Waals surface area (Å²) < 4.78 is 7.29. The van der Waals surface area contributed by atoms with Crippen molar-refractivity contribution in [3.8, 4) is 0 Å². The molecule has 1 saturated heterocycles. The van der Waals surface area contributed by atoms with E-state index in [1.54, 1.807) is 10.9 Å². The van der Waals surface area contributed by atoms with Crippen LogP contribution >= 0.6 is 0 Å². The maximum Gasteiger partial charge on any atom is 0.253 e. The molecule has 0 aliphatic carbocycles. The number of pyridine rings is 1. The number of anilines is 1. The van der Waals surface area contributed by atoms with Crippen LogP contribution in [0.4, 0.5) is 5.69 Å². The Hall–Kier alpha value is -4.24. The summed E-state index contributed by atoms with van der Waals surface area (Å²) >= 11 is 0. The smallest absolute Gasteiger partial charge is 0.253 e. The Morgan fingerprint density at radius 1 is 0.973 bits per heavy atom. The van der Waals surface area contributed by atoms with Gasteiger partial charge in [0.1, 0.15) is 18.3 Å². The number of para-hydroxylation sites is 1. The van der Waals surface area contributed by atoms with Crippen molar-refractivity contribution >= 4 is 16.6 Å². The molecule has 0 amide bonds. The van der Waals surface area contributed by atoms with Crippen LogP contribution in [0.25, 0.3) is 10.9 Å². The maximum atomic E-state index is 13.5. The zero-order valence-electron chi connectivity index (χ0n) is 21.0. The van der Waals surface area contributed by atoms with E-state index < -0.39 is 6.04 Å². The van der Waals surface area contributed by atoms with Crippen molar-refractivity contribution in [2.24, 2.45) is 0 Å². The Labute approximate surface area is 214 Å². The molecule has 9 nitrogen and oxygen atoms in total. The third kappa shape index (κ3) is 4.53. The first-order valence-electron chi connectivity index (χ1n) is 12.5. The van der Waals surface area contributed by atoms with Gasteiger partial charge in [-0.1, -0.05) is 18.2 Å². The van der Waals surface area contributed by atoms with E-state index in [1.807, 2.05) is 30.3 Å². The minimum Gasteiger partial charge on any atom is -0.467 e. The largest absolute Gasteiger partial charge is 0.467 e. The van der Waals surface area contributed by atoms with Crippen LogP contribution in [0.2, 0.25) is 0 Å². The number of furan rings is 1. The molecule has 0 unspecified atom stereocenters. The van der Waals surface area contributed by atoms with Gasteiger partial charge < -0.3 is 14.3 Å². The number of hydrogen-bond acceptors (Lipinski definition) is 7. The van der Waals surface area contributed by atoms with Crippen LogP contribution in [0.15, 0.2) is 76.1 Å². The third-order valence-corrected chi connectivity index (χ3v) is 7.27. The summed E-state index contributed by atoms with van der Waals surface area (Å²) in [5.41, 5.74) is 4.88. The monoisotopic (exact) mass is 495 g/mol. The lowest BCUT2D eigenvalue weighted by atomic mass is 10.00. The van der Waals surface area contributed by atoms with Crippen LogP contribution in [-0.4, -0.2) is 56.3 Å². The van der Waals surface area contributed by atoms with Gasteiger partial charge in [-0.2, -0.15) is 0 Å². The number of rotatable bonds is 6. The van der Waals surface area contributed by atoms with E-state index in [0.29, 0.717) is 17.9 Å². The van der Waals surface area contributed by atoms with Gasteiger partial charge in [0.2, 0.25) is 0 Å². The summed E-state index contributed by atoms with van der Waals surface area (Å²) in [6, 6.07) is 19.9. The number of hydrogen-bond donors (Lipinski definition) is 1. The normalized spacial score (nSPS) is 15.4. The highest BCUT2D eigenvalue weighted by Gasteiger charge is 2.33. The van der Waals surface area contributed by atoms with Crippen molar-refractivity contribution in [2.45, 2.75) is 26.4 Å². The van der Waals surface area contributed by atoms with E-state index in [2.05, 4.69) is 74.5 Å². The predicted octanol–water partition coefficient (Wildman–Crippen LogP) is 3.68. The minimum atomic E-state index is -0.405. The summed E-state index contributed by atoms with van der Waals surface area (Å²) in [7, 11) is 0. The van der Waals surface area contributed by atoms with Gasteiger partial charge in [-0.3, -0.25) is 9.69 Å². The number of tetrazole rings is 1. The topological polar surface area (TPSA) is 96.1 Å². The average Bonchev–Trinajstić information content (AvgIpc) is 3.60. The van der Waals surface area contributed by atoms with Crippen molar-refractivity contribution in [1.82, 2.24) is 30.1 Å². The third-order valence-electron chi connectivity index (χ3n) is 7.27. The molecule has 6 rings (SSSR count). The van der Waals surface area contributed by atoms with Gasteiger partial charge in [0.05, 0.1) is 6.26 Å². The molecule has 0 spiro atoms. The highest BCUT2D eigenvalue weighted by Crippen LogP contribution is 2.29. The highest BCUT2D eigenvalue weighted by atomic mass is 16.3. The minimum absolute atomic E-state index is 0.126. The first-order valence-corrected chi connectivity index (χ1v) is 12.5. The first-order chi connectivity index (χ1) is 18.1. The van der Waals surface area contributed by atoms with Crippen molar-refractivity contribution in [1.29, 1.82) is 0 Å². The Morgan fingerprint density at radius 2 is 1.76 bits per heavy atom. The fourth-order valence-electron chi connectivity index (χ4n) is 5.14. The van der Waals surface area contributed by atoms with Gasteiger partial charge in [-0.15, -0.1) is 5.10 Å². The Bertz CT molecular complexity index is 1570. The molecular weight excluding hydrogens is 466 g/mol. The van der Waals surface area contributed by atoms with E-state index in [4.69, 9.17) is 4.42 Å². The molecule has 0 radical (unpaired) electrons. The number of aryl methyl sites for hydroxylation is 2. The molecule has 1 N–H and O–H groups in total. The Balaban J connectivity index is 1.40. The SMILES string of the molecule is Cc1cc2cc([C@H](c3nnnn3Cc3ccco3)N3CCN(c4ccccc4)CC3)c(=O)[nH]c2cc1C. The maximum absolute atomic E-state index is 13.5. The lowest BCUT2D eigenvalue weighted by molar-refractivity contribution is 0.200. The number of piperazine rings is 1. The highest BCUT2D eigenvalue weighted by molar-refractivity contribution is 5.81. The van der Waals surface area contributed by atoms with E-state index in [9.17, 15) is 4.79 Å². The van der Waals surface area contributed by atoms with Gasteiger partial charge in [0.25, 0.3) is 5.56 Å². The van der Waals surface area contributed by atoms with Crippen molar-refractivity contribution < 1.29 is 4.42 Å². The number of nitrogens with one attached hydrogen (secondary N) is 1. The molecule has 3 aromatic heterocycles. The van der Waals surface area contributed by atoms with E-state index in [-0.39, 0.29) is 5.56 Å². The standard InChI is InChI=1S/C28H29N7O2/c1-19-15-21-17-24(28(36)29-25(21)16-20(19)2)26(27-30-31-32-35(27)18-23-9-6-14-37-23)34-12-10-33(11-13-34)22-7-4-3-5-8-22/h3-9,14-17,26H,10-13,18H2,1-2H3,(H,29,36)/t26-/m1/s1. The fourth-order valence-corrected chi connectivity index (χ4v) is 5.14. The quantitative estimate of drug-likeness (QED) is 0.384. The number of aromatic nitrogens is 5. The van der Waals surface area contributed by atoms with Crippen LogP contribution in [0.3, 0.4) is 0 Å². The Morgan fingerprint density at radius 3 is 2.51 bits per heavy atom. The lowest BCUT2D eigenvalue weighted by Crippen LogP contribution is -2.49. The zero-order chi connectivity index (χ0) is 25.4. The zero-order valence-corrected chi connectivity index (χ0v) is 21.0. The van der Waals surface area contributed by atoms with E-state index in [1.165, 1.54) is 11.3 Å². The van der Waals surface area contributed by atoms with Crippen molar-refractivity contribution in [3.63, 3.8) is 0 Å². The molecule has 5 aromatic rings. The van der Waals surface area contributed by atoms with Crippen LogP contribution in [0.1, 0.15) is 34.3 Å². The summed E-state index contributed by atoms with van der Waals surface area (Å²) in [6.45, 7) is 7.73. The lowest BCUT2D eigenvalue weighted by Gasteiger charge is -2.39. The molecule has 1 atom stereocenters. The molecule has 0 saturated carbocycles. The molecule has 37 heavy (non-hydrogen) atoms. The van der Waals surface area contributed by atoms with Crippen LogP contribution in [-0.2, 0) is 6.54 Å². The number of nitrogens with zero attached hydrogens (tertiary/aromatic N) is 6. The molecule has 2 aromatic carbocycles. The van der Waals surface area contributed by atoms with Crippen molar-refractivity contribution in [3.05, 3.63) is 106 Å². The molecule has 9 heteroatoms. The number of fused-ring (bicyclic) bond motifs is 1. The first kappa shape index (κ1) is 23.2. The van der Waals surface area contributed by atoms with Crippen molar-refractivity contribution in [2.75, 3.05) is 31.1 Å². The molecule has 4 heterocycles. The van der Waals surface area contributed by atoms with Crippen LogP contribution < -0.4 is 10.5 Å². The van der Waals surface area contributed by atoms with Gasteiger partial charge in [0.15, 0.2) is 5.82 Å². The molecule has 1 fully saturated rings. The van der Waals surface area contributed by atoms with Gasteiger partial charge >= 0.3 is 0 Å². The van der Waals surface area contributed by atoms with Crippen LogP contribution in [0.5, 0.6) is 0 Å². The van der Waals surface area contributed by atoms with Gasteiger partial charge in [-0.25, -0.2) is 4.68 Å². The second-order valence-electron chi connectivity index (χ2n) is 9.61. The van der Waals surface area contributed by atoms with E-state index in [0.717, 1.165) is 48.4 Å². The molecular formula is C28H29N7O2. The second-order valence-corrected chi connectivity index (χ2v) is 9.61. The second kappa shape index (κ2) is 9.67. The fraction of sp³-hybridized carbons (Fsp3) is 0.286. The number of benzene rings is 2. The summed E-state index contributed by atoms with van der Waals surface area (Å²) in [5, 5.41) is 13.7. The van der Waals surface area contributed by atoms with Gasteiger partial charge in [-0.05, 0) is 83.3 Å². The average molecular weight is 496 g/mol. The summed E-state index contributed by atoms with van der Waals surface area (Å²) in [4.78, 5) is 21.3. The summed E-state index contributed by atoms with van der Waals surface area (Å²) in [5.74, 6) is 1.37. The number of aromatic amines is 1. The molecule has 1 aliphatic heterocycles. The molecule has 188 valence electrons. The number of H-pyrrole nitrogens is 1. The van der Waals surface area contributed by atoms with Gasteiger partial charge in [0, 0.05) is 42.9 Å². The Kier molecular flexibility index (Phi) is 6.05.